The Balaban J connectivity index is 3.46. The number of carbonyl (C=O) groups is 1. The minimum atomic E-state index is -1.33. The zero-order chi connectivity index (χ0) is 10.9. The van der Waals surface area contributed by atoms with Crippen LogP contribution in [-0.2, 0) is 6.54 Å². The molecule has 1 rings (SSSR count). The van der Waals surface area contributed by atoms with Crippen molar-refractivity contribution in [3.05, 3.63) is 21.5 Å². The van der Waals surface area contributed by atoms with Gasteiger partial charge in [0, 0.05) is 6.54 Å². The van der Waals surface area contributed by atoms with Crippen molar-refractivity contribution in [2.45, 2.75) is 20.4 Å². The average molecular weight is 199 g/mol. The Morgan fingerprint density at radius 2 is 2.29 bits per heavy atom. The zero-order valence-electron chi connectivity index (χ0n) is 7.72. The van der Waals surface area contributed by atoms with E-state index in [1.54, 1.807) is 6.92 Å². The minimum Gasteiger partial charge on any atom is -0.476 e. The molecule has 1 heterocycles. The third kappa shape index (κ3) is 1.43. The number of rotatable bonds is 3. The van der Waals surface area contributed by atoms with Crippen LogP contribution in [0.3, 0.4) is 0 Å². The van der Waals surface area contributed by atoms with E-state index in [9.17, 15) is 14.9 Å². The van der Waals surface area contributed by atoms with Crippen LogP contribution in [0.1, 0.15) is 23.1 Å². The van der Waals surface area contributed by atoms with Crippen LogP contribution in [0.2, 0.25) is 0 Å². The highest BCUT2D eigenvalue weighted by Crippen LogP contribution is 2.22. The second-order valence-corrected chi connectivity index (χ2v) is 2.66. The van der Waals surface area contributed by atoms with E-state index >= 15 is 0 Å². The number of carboxylic acid groups (broad SMARTS) is 1. The molecule has 0 aromatic carbocycles. The number of nitro groups is 1. The van der Waals surface area contributed by atoms with Crippen LogP contribution in [-0.4, -0.2) is 25.8 Å². The molecule has 0 fully saturated rings. The second kappa shape index (κ2) is 3.44. The Morgan fingerprint density at radius 3 is 2.64 bits per heavy atom. The summed E-state index contributed by atoms with van der Waals surface area (Å²) in [7, 11) is 0. The van der Waals surface area contributed by atoms with Crippen molar-refractivity contribution < 1.29 is 14.8 Å². The van der Waals surface area contributed by atoms with Gasteiger partial charge < -0.3 is 5.11 Å². The van der Waals surface area contributed by atoms with Gasteiger partial charge in [0.1, 0.15) is 5.69 Å². The van der Waals surface area contributed by atoms with Crippen molar-refractivity contribution in [3.63, 3.8) is 0 Å². The van der Waals surface area contributed by atoms with Gasteiger partial charge in [-0.25, -0.2) is 4.79 Å². The first kappa shape index (κ1) is 10.2. The predicted octanol–water partition coefficient (Wildman–Crippen LogP) is 0.818. The van der Waals surface area contributed by atoms with Gasteiger partial charge in [-0.05, 0) is 13.8 Å². The topological polar surface area (TPSA) is 98.3 Å². The molecule has 1 N–H and O–H groups in total. The second-order valence-electron chi connectivity index (χ2n) is 2.66. The number of aromatic nitrogens is 2. The van der Waals surface area contributed by atoms with E-state index in [4.69, 9.17) is 5.11 Å². The molecule has 0 unspecified atom stereocenters. The van der Waals surface area contributed by atoms with Crippen molar-refractivity contribution in [2.75, 3.05) is 0 Å². The fourth-order valence-electron chi connectivity index (χ4n) is 1.23. The van der Waals surface area contributed by atoms with Gasteiger partial charge >= 0.3 is 11.7 Å². The Hall–Kier alpha value is -1.92. The van der Waals surface area contributed by atoms with Gasteiger partial charge in [0.2, 0.25) is 5.69 Å². The molecule has 14 heavy (non-hydrogen) atoms. The van der Waals surface area contributed by atoms with Crippen molar-refractivity contribution >= 4 is 11.7 Å². The average Bonchev–Trinajstić information content (AvgIpc) is 2.41. The number of nitrogens with zero attached hydrogens (tertiary/aromatic N) is 3. The van der Waals surface area contributed by atoms with Crippen LogP contribution in [0.4, 0.5) is 5.69 Å². The molecular weight excluding hydrogens is 190 g/mol. The van der Waals surface area contributed by atoms with E-state index in [0.29, 0.717) is 0 Å². The van der Waals surface area contributed by atoms with Gasteiger partial charge in [0.25, 0.3) is 0 Å². The van der Waals surface area contributed by atoms with Gasteiger partial charge in [-0.2, -0.15) is 5.10 Å². The summed E-state index contributed by atoms with van der Waals surface area (Å²) >= 11 is 0. The largest absolute Gasteiger partial charge is 0.476 e. The Bertz CT molecular complexity index is 396. The zero-order valence-corrected chi connectivity index (χ0v) is 7.72. The number of hydrogen-bond donors (Lipinski definition) is 1. The molecular formula is C7H9N3O4. The van der Waals surface area contributed by atoms with Crippen LogP contribution >= 0.6 is 0 Å². The normalized spacial score (nSPS) is 10.1. The summed E-state index contributed by atoms with van der Waals surface area (Å²) in [6.45, 7) is 3.37. The number of aryl methyl sites for hydroxylation is 2. The quantitative estimate of drug-likeness (QED) is 0.573. The molecule has 7 heteroatoms. The molecule has 0 aliphatic heterocycles. The standard InChI is InChI=1S/C7H9N3O4/c1-3-9-6(7(11)12)5(10(13)14)4(2)8-9/h3H2,1-2H3,(H,11,12). The first-order valence-electron chi connectivity index (χ1n) is 3.94. The van der Waals surface area contributed by atoms with Crippen molar-refractivity contribution in [3.8, 4) is 0 Å². The molecule has 0 bridgehead atoms. The smallest absolute Gasteiger partial charge is 0.361 e. The summed E-state index contributed by atoms with van der Waals surface area (Å²) in [6, 6.07) is 0. The maximum absolute atomic E-state index is 10.8. The van der Waals surface area contributed by atoms with Gasteiger partial charge in [-0.1, -0.05) is 0 Å². The lowest BCUT2D eigenvalue weighted by molar-refractivity contribution is -0.385. The van der Waals surface area contributed by atoms with E-state index < -0.39 is 16.6 Å². The Labute approximate surface area is 79.1 Å². The maximum Gasteiger partial charge on any atom is 0.361 e. The van der Waals surface area contributed by atoms with Gasteiger partial charge in [0.05, 0.1) is 4.92 Å². The molecule has 0 aliphatic carbocycles. The molecule has 0 amide bonds. The first-order valence-corrected chi connectivity index (χ1v) is 3.94. The maximum atomic E-state index is 10.8. The summed E-state index contributed by atoms with van der Waals surface area (Å²) in [5.74, 6) is -1.33. The molecule has 0 radical (unpaired) electrons. The summed E-state index contributed by atoms with van der Waals surface area (Å²) < 4.78 is 1.11. The minimum absolute atomic E-state index is 0.120. The van der Waals surface area contributed by atoms with Crippen LogP contribution in [0.25, 0.3) is 0 Å². The van der Waals surface area contributed by atoms with Crippen LogP contribution in [0, 0.1) is 17.0 Å². The summed E-state index contributed by atoms with van der Waals surface area (Å²) in [4.78, 5) is 20.6. The molecule has 1 aromatic heterocycles. The van der Waals surface area contributed by atoms with Crippen molar-refractivity contribution in [2.24, 2.45) is 0 Å². The highest BCUT2D eigenvalue weighted by molar-refractivity contribution is 5.90. The third-order valence-electron chi connectivity index (χ3n) is 1.78. The SMILES string of the molecule is CCn1nc(C)c([N+](=O)[O-])c1C(=O)O. The highest BCUT2D eigenvalue weighted by atomic mass is 16.6. The molecule has 0 spiro atoms. The molecule has 76 valence electrons. The monoisotopic (exact) mass is 199 g/mol. The van der Waals surface area contributed by atoms with Gasteiger partial charge in [0.15, 0.2) is 0 Å². The molecule has 0 aliphatic rings. The summed E-state index contributed by atoms with van der Waals surface area (Å²) in [5, 5.41) is 23.1. The third-order valence-corrected chi connectivity index (χ3v) is 1.78. The molecule has 0 saturated heterocycles. The van der Waals surface area contributed by atoms with E-state index in [1.807, 2.05) is 0 Å². The molecule has 0 saturated carbocycles. The molecule has 0 atom stereocenters. The van der Waals surface area contributed by atoms with Crippen molar-refractivity contribution in [1.82, 2.24) is 9.78 Å². The Kier molecular flexibility index (Phi) is 2.50. The lowest BCUT2D eigenvalue weighted by Crippen LogP contribution is -2.10. The fourth-order valence-corrected chi connectivity index (χ4v) is 1.23. The van der Waals surface area contributed by atoms with Crippen LogP contribution in [0.5, 0.6) is 0 Å². The van der Waals surface area contributed by atoms with E-state index in [2.05, 4.69) is 5.10 Å². The molecule has 1 aromatic rings. The summed E-state index contributed by atoms with van der Waals surface area (Å²) in [5.41, 5.74) is -0.677. The number of carboxylic acids is 1. The van der Waals surface area contributed by atoms with Crippen molar-refractivity contribution in [1.29, 1.82) is 0 Å². The molecule has 7 nitrogen and oxygen atoms in total. The van der Waals surface area contributed by atoms with E-state index in [0.717, 1.165) is 4.68 Å². The van der Waals surface area contributed by atoms with Gasteiger partial charge in [-0.15, -0.1) is 0 Å². The number of hydrogen-bond acceptors (Lipinski definition) is 4. The Morgan fingerprint density at radius 1 is 1.71 bits per heavy atom. The van der Waals surface area contributed by atoms with Crippen LogP contribution in [0.15, 0.2) is 0 Å². The highest BCUT2D eigenvalue weighted by Gasteiger charge is 2.29. The number of aromatic carboxylic acids is 1. The van der Waals surface area contributed by atoms with E-state index in [1.165, 1.54) is 6.92 Å². The predicted molar refractivity (Wildman–Crippen MR) is 46.3 cm³/mol. The first-order chi connectivity index (χ1) is 6.49. The summed E-state index contributed by atoms with van der Waals surface area (Å²) in [6.07, 6.45) is 0. The van der Waals surface area contributed by atoms with Gasteiger partial charge in [-0.3, -0.25) is 14.8 Å². The van der Waals surface area contributed by atoms with E-state index in [-0.39, 0.29) is 17.9 Å². The fraction of sp³-hybridized carbons (Fsp3) is 0.429. The lowest BCUT2D eigenvalue weighted by Gasteiger charge is -1.97. The van der Waals surface area contributed by atoms with Crippen LogP contribution < -0.4 is 0 Å². The lowest BCUT2D eigenvalue weighted by atomic mass is 10.3.